The summed E-state index contributed by atoms with van der Waals surface area (Å²) in [6, 6.07) is 0.305. The van der Waals surface area contributed by atoms with E-state index in [-0.39, 0.29) is 29.5 Å². The van der Waals surface area contributed by atoms with E-state index < -0.39 is 0 Å². The average Bonchev–Trinajstić information content (AvgIpc) is 2.08. The highest BCUT2D eigenvalue weighted by Gasteiger charge is 2.49. The third-order valence-corrected chi connectivity index (χ3v) is 3.92. The molecule has 0 bridgehead atoms. The molecule has 1 saturated heterocycles. The van der Waals surface area contributed by atoms with Crippen molar-refractivity contribution in [2.45, 2.75) is 44.9 Å². The first-order valence-electron chi connectivity index (χ1n) is 5.62. The maximum Gasteiger partial charge on any atom is 0.237 e. The molecule has 1 amide bonds. The van der Waals surface area contributed by atoms with E-state index in [9.17, 15) is 4.79 Å². The van der Waals surface area contributed by atoms with Gasteiger partial charge in [0.05, 0.1) is 12.1 Å². The van der Waals surface area contributed by atoms with Crippen molar-refractivity contribution in [1.82, 2.24) is 10.6 Å². The predicted molar refractivity (Wildman–Crippen MR) is 57.5 cm³/mol. The standard InChI is InChI=1S/C11H20N2O2/c1-11(2)8(6-9(11)15-3)13-10(14)7-4-5-12-7/h7-9,12H,4-6H2,1-3H3,(H,13,14)/t7-,8?,9?/m1/s1. The molecular formula is C11H20N2O2. The van der Waals surface area contributed by atoms with Crippen LogP contribution in [0.2, 0.25) is 0 Å². The van der Waals surface area contributed by atoms with E-state index in [4.69, 9.17) is 4.74 Å². The molecular weight excluding hydrogens is 192 g/mol. The second kappa shape index (κ2) is 3.76. The number of methoxy groups -OCH3 is 1. The number of nitrogens with one attached hydrogen (secondary N) is 2. The minimum Gasteiger partial charge on any atom is -0.381 e. The summed E-state index contributed by atoms with van der Waals surface area (Å²) in [5, 5.41) is 6.20. The van der Waals surface area contributed by atoms with Crippen molar-refractivity contribution in [2.75, 3.05) is 13.7 Å². The van der Waals surface area contributed by atoms with Gasteiger partial charge in [-0.2, -0.15) is 0 Å². The monoisotopic (exact) mass is 212 g/mol. The molecule has 0 spiro atoms. The van der Waals surface area contributed by atoms with Crippen molar-refractivity contribution in [2.24, 2.45) is 5.41 Å². The molecule has 1 saturated carbocycles. The van der Waals surface area contributed by atoms with Gasteiger partial charge < -0.3 is 15.4 Å². The Labute approximate surface area is 90.8 Å². The molecule has 2 fully saturated rings. The van der Waals surface area contributed by atoms with Gasteiger partial charge in [0.25, 0.3) is 0 Å². The number of rotatable bonds is 3. The van der Waals surface area contributed by atoms with Crippen LogP contribution in [0, 0.1) is 5.41 Å². The van der Waals surface area contributed by atoms with Crippen molar-refractivity contribution in [3.05, 3.63) is 0 Å². The molecule has 2 unspecified atom stereocenters. The summed E-state index contributed by atoms with van der Waals surface area (Å²) in [4.78, 5) is 11.7. The number of carbonyl (C=O) groups excluding carboxylic acids is 1. The van der Waals surface area contributed by atoms with Crippen LogP contribution in [0.3, 0.4) is 0 Å². The van der Waals surface area contributed by atoms with Crippen LogP contribution in [0.5, 0.6) is 0 Å². The van der Waals surface area contributed by atoms with Crippen LogP contribution in [0.4, 0.5) is 0 Å². The third kappa shape index (κ3) is 1.76. The second-order valence-electron chi connectivity index (χ2n) is 5.14. The Hall–Kier alpha value is -0.610. The molecule has 2 rings (SSSR count). The molecule has 15 heavy (non-hydrogen) atoms. The van der Waals surface area contributed by atoms with Gasteiger partial charge in [0.1, 0.15) is 0 Å². The van der Waals surface area contributed by atoms with E-state index in [1.165, 1.54) is 0 Å². The number of hydrogen-bond acceptors (Lipinski definition) is 3. The lowest BCUT2D eigenvalue weighted by Crippen LogP contribution is -2.65. The van der Waals surface area contributed by atoms with Gasteiger partial charge in [0.15, 0.2) is 0 Å². The Balaban J connectivity index is 1.83. The SMILES string of the molecule is COC1CC(NC(=O)[C@H]2CCN2)C1(C)C. The maximum absolute atomic E-state index is 11.7. The van der Waals surface area contributed by atoms with Gasteiger partial charge in [-0.05, 0) is 19.4 Å². The van der Waals surface area contributed by atoms with Gasteiger partial charge in [0.2, 0.25) is 5.91 Å². The molecule has 4 nitrogen and oxygen atoms in total. The van der Waals surface area contributed by atoms with Crippen LogP contribution in [-0.2, 0) is 9.53 Å². The van der Waals surface area contributed by atoms with Gasteiger partial charge in [-0.15, -0.1) is 0 Å². The fourth-order valence-corrected chi connectivity index (χ4v) is 2.32. The minimum atomic E-state index is 0.0439. The predicted octanol–water partition coefficient (Wildman–Crippen LogP) is 0.278. The van der Waals surface area contributed by atoms with E-state index in [0.717, 1.165) is 19.4 Å². The smallest absolute Gasteiger partial charge is 0.237 e. The normalized spacial score (nSPS) is 37.7. The second-order valence-corrected chi connectivity index (χ2v) is 5.14. The summed E-state index contributed by atoms with van der Waals surface area (Å²) < 4.78 is 5.35. The Morgan fingerprint density at radius 1 is 1.53 bits per heavy atom. The summed E-state index contributed by atoms with van der Waals surface area (Å²) in [6.45, 7) is 5.25. The maximum atomic E-state index is 11.7. The van der Waals surface area contributed by atoms with Crippen molar-refractivity contribution in [3.63, 3.8) is 0 Å². The molecule has 0 radical (unpaired) electrons. The fraction of sp³-hybridized carbons (Fsp3) is 0.909. The molecule has 1 aliphatic carbocycles. The lowest BCUT2D eigenvalue weighted by molar-refractivity contribution is -0.135. The Kier molecular flexibility index (Phi) is 2.73. The lowest BCUT2D eigenvalue weighted by Gasteiger charge is -2.51. The summed E-state index contributed by atoms with van der Waals surface area (Å²) in [6.07, 6.45) is 2.17. The number of amides is 1. The number of carbonyl (C=O) groups is 1. The van der Waals surface area contributed by atoms with Crippen LogP contribution in [0.15, 0.2) is 0 Å². The highest BCUT2D eigenvalue weighted by atomic mass is 16.5. The molecule has 1 heterocycles. The topological polar surface area (TPSA) is 50.4 Å². The van der Waals surface area contributed by atoms with Crippen LogP contribution < -0.4 is 10.6 Å². The summed E-state index contributed by atoms with van der Waals surface area (Å²) in [5.74, 6) is 0.147. The zero-order chi connectivity index (χ0) is 11.1. The zero-order valence-corrected chi connectivity index (χ0v) is 9.67. The Morgan fingerprint density at radius 2 is 2.20 bits per heavy atom. The lowest BCUT2D eigenvalue weighted by atomic mass is 9.64. The third-order valence-electron chi connectivity index (χ3n) is 3.92. The quantitative estimate of drug-likeness (QED) is 0.706. The fourth-order valence-electron chi connectivity index (χ4n) is 2.32. The molecule has 0 aromatic rings. The molecule has 0 aromatic heterocycles. The van der Waals surface area contributed by atoms with Crippen molar-refractivity contribution < 1.29 is 9.53 Å². The van der Waals surface area contributed by atoms with Gasteiger partial charge >= 0.3 is 0 Å². The average molecular weight is 212 g/mol. The summed E-state index contributed by atoms with van der Waals surface area (Å²) in [7, 11) is 1.73. The molecule has 1 aliphatic heterocycles. The molecule has 2 aliphatic rings. The van der Waals surface area contributed by atoms with E-state index in [0.29, 0.717) is 0 Å². The van der Waals surface area contributed by atoms with Crippen molar-refractivity contribution in [1.29, 1.82) is 0 Å². The van der Waals surface area contributed by atoms with E-state index >= 15 is 0 Å². The first-order valence-corrected chi connectivity index (χ1v) is 5.62. The van der Waals surface area contributed by atoms with Crippen LogP contribution in [-0.4, -0.2) is 37.7 Å². The zero-order valence-electron chi connectivity index (χ0n) is 9.67. The Bertz CT molecular complexity index is 261. The highest BCUT2D eigenvalue weighted by Crippen LogP contribution is 2.42. The van der Waals surface area contributed by atoms with Crippen molar-refractivity contribution in [3.8, 4) is 0 Å². The van der Waals surface area contributed by atoms with Crippen molar-refractivity contribution >= 4 is 5.91 Å². The molecule has 2 N–H and O–H groups in total. The van der Waals surface area contributed by atoms with Crippen LogP contribution in [0.25, 0.3) is 0 Å². The number of hydrogen-bond donors (Lipinski definition) is 2. The summed E-state index contributed by atoms with van der Waals surface area (Å²) >= 11 is 0. The molecule has 4 heteroatoms. The van der Waals surface area contributed by atoms with Crippen LogP contribution >= 0.6 is 0 Å². The highest BCUT2D eigenvalue weighted by molar-refractivity contribution is 5.83. The van der Waals surface area contributed by atoms with Gasteiger partial charge in [0, 0.05) is 18.6 Å². The van der Waals surface area contributed by atoms with Gasteiger partial charge in [-0.1, -0.05) is 13.8 Å². The molecule has 0 aromatic carbocycles. The summed E-state index contributed by atoms with van der Waals surface area (Å²) in [5.41, 5.74) is 0.0636. The van der Waals surface area contributed by atoms with Crippen LogP contribution in [0.1, 0.15) is 26.7 Å². The molecule has 86 valence electrons. The largest absolute Gasteiger partial charge is 0.381 e. The van der Waals surface area contributed by atoms with E-state index in [2.05, 4.69) is 24.5 Å². The van der Waals surface area contributed by atoms with E-state index in [1.807, 2.05) is 0 Å². The minimum absolute atomic E-state index is 0.0439. The first kappa shape index (κ1) is 10.9. The van der Waals surface area contributed by atoms with Gasteiger partial charge in [-0.3, -0.25) is 4.79 Å². The molecule has 3 atom stereocenters. The first-order chi connectivity index (χ1) is 7.05. The van der Waals surface area contributed by atoms with E-state index in [1.54, 1.807) is 7.11 Å². The van der Waals surface area contributed by atoms with Gasteiger partial charge in [-0.25, -0.2) is 0 Å². The Morgan fingerprint density at radius 3 is 2.60 bits per heavy atom. The number of ether oxygens (including phenoxy) is 1.